The number of benzene rings is 10. The summed E-state index contributed by atoms with van der Waals surface area (Å²) >= 11 is 1.88. The van der Waals surface area contributed by atoms with Crippen molar-refractivity contribution in [2.24, 2.45) is 0 Å². The summed E-state index contributed by atoms with van der Waals surface area (Å²) in [6.07, 6.45) is 0. The molecule has 0 aliphatic heterocycles. The van der Waals surface area contributed by atoms with Crippen molar-refractivity contribution in [2.45, 2.75) is 19.3 Å². The predicted octanol–water partition coefficient (Wildman–Crippen LogP) is 17.9. The third kappa shape index (κ3) is 6.08. The van der Waals surface area contributed by atoms with Gasteiger partial charge in [-0.25, -0.2) is 0 Å². The molecule has 2 heterocycles. The molecule has 10 aromatic carbocycles. The van der Waals surface area contributed by atoms with Gasteiger partial charge >= 0.3 is 0 Å². The first-order valence-corrected chi connectivity index (χ1v) is 23.6. The molecule has 0 N–H and O–H groups in total. The highest BCUT2D eigenvalue weighted by molar-refractivity contribution is 7.26. The van der Waals surface area contributed by atoms with Gasteiger partial charge in [0.15, 0.2) is 0 Å². The Morgan fingerprint density at radius 3 is 1.52 bits per heavy atom. The van der Waals surface area contributed by atoms with Crippen molar-refractivity contribution in [1.29, 1.82) is 0 Å². The van der Waals surface area contributed by atoms with Crippen molar-refractivity contribution in [3.05, 3.63) is 242 Å². The first-order chi connectivity index (χ1) is 32.5. The lowest BCUT2D eigenvalue weighted by molar-refractivity contribution is 0.660. The van der Waals surface area contributed by atoms with E-state index in [0.29, 0.717) is 0 Å². The van der Waals surface area contributed by atoms with Crippen molar-refractivity contribution >= 4 is 70.4 Å². The molecule has 0 bridgehead atoms. The number of hydrogen-bond donors (Lipinski definition) is 0. The maximum Gasteiger partial charge on any atom is 0.0640 e. The summed E-state index contributed by atoms with van der Waals surface area (Å²) in [4.78, 5) is 2.49. The summed E-state index contributed by atoms with van der Waals surface area (Å²) in [5.74, 6) is 0. The Balaban J connectivity index is 0.948. The van der Waals surface area contributed by atoms with Crippen molar-refractivity contribution in [1.82, 2.24) is 4.57 Å². The van der Waals surface area contributed by atoms with Gasteiger partial charge in [-0.05, 0) is 134 Å². The third-order valence-corrected chi connectivity index (χ3v) is 15.2. The number of anilines is 3. The van der Waals surface area contributed by atoms with Crippen LogP contribution < -0.4 is 4.90 Å². The van der Waals surface area contributed by atoms with Crippen LogP contribution in [0.2, 0.25) is 0 Å². The Bertz CT molecular complexity index is 3730. The zero-order valence-corrected chi connectivity index (χ0v) is 37.6. The highest BCUT2D eigenvalue weighted by Crippen LogP contribution is 2.53. The van der Waals surface area contributed by atoms with E-state index in [9.17, 15) is 0 Å². The standard InChI is InChI=1S/C63H44N2S/c1-63(2)56-39-48(32-34-50(56)51-35-33-49(40-57(51)63)65-58-24-12-9-20-52(58)53-21-10-13-25-59(53)65)64(60-26-15-23-55-54-22-11-14-27-61(54)66-62(55)60)47-30-28-43(29-31-47)46-37-44(41-16-5-3-6-17-41)36-45(38-46)42-18-7-4-8-19-42/h3-40H,1-2H3. The highest BCUT2D eigenvalue weighted by Gasteiger charge is 2.37. The average Bonchev–Trinajstić information content (AvgIpc) is 4.00. The minimum atomic E-state index is -0.241. The van der Waals surface area contributed by atoms with Crippen LogP contribution in [-0.4, -0.2) is 4.57 Å². The van der Waals surface area contributed by atoms with E-state index < -0.39 is 0 Å². The SMILES string of the molecule is CC1(C)c2cc(N(c3ccc(-c4cc(-c5ccccc5)cc(-c5ccccc5)c4)cc3)c3cccc4c3sc3ccccc34)ccc2-c2ccc(-n3c4ccccc4c4ccccc43)cc21. The molecule has 1 aliphatic carbocycles. The molecule has 1 aliphatic rings. The molecule has 0 spiro atoms. The van der Waals surface area contributed by atoms with Crippen LogP contribution in [0.5, 0.6) is 0 Å². The van der Waals surface area contributed by atoms with Crippen molar-refractivity contribution < 1.29 is 0 Å². The lowest BCUT2D eigenvalue weighted by Crippen LogP contribution is -2.17. The van der Waals surface area contributed by atoms with Crippen molar-refractivity contribution in [3.8, 4) is 50.2 Å². The second-order valence-corrected chi connectivity index (χ2v) is 19.2. The smallest absolute Gasteiger partial charge is 0.0640 e. The Labute approximate surface area is 388 Å². The zero-order chi connectivity index (χ0) is 43.9. The molecule has 13 rings (SSSR count). The van der Waals surface area contributed by atoms with Gasteiger partial charge in [0, 0.05) is 48.7 Å². The van der Waals surface area contributed by atoms with E-state index in [4.69, 9.17) is 0 Å². The van der Waals surface area contributed by atoms with Gasteiger partial charge < -0.3 is 9.47 Å². The zero-order valence-electron chi connectivity index (χ0n) is 36.7. The molecule has 0 amide bonds. The van der Waals surface area contributed by atoms with Gasteiger partial charge in [-0.2, -0.15) is 0 Å². The third-order valence-electron chi connectivity index (χ3n) is 14.0. The summed E-state index contributed by atoms with van der Waals surface area (Å²) in [6, 6.07) is 85.1. The second kappa shape index (κ2) is 15.1. The van der Waals surface area contributed by atoms with Crippen LogP contribution in [0.25, 0.3) is 92.2 Å². The van der Waals surface area contributed by atoms with Crippen LogP contribution in [0, 0.1) is 0 Å². The van der Waals surface area contributed by atoms with Crippen molar-refractivity contribution in [2.75, 3.05) is 4.90 Å². The molecule has 3 heteroatoms. The van der Waals surface area contributed by atoms with E-state index in [1.54, 1.807) is 0 Å². The van der Waals surface area contributed by atoms with E-state index in [1.807, 2.05) is 11.3 Å². The quantitative estimate of drug-likeness (QED) is 0.155. The van der Waals surface area contributed by atoms with Gasteiger partial charge in [-0.3, -0.25) is 0 Å². The molecule has 12 aromatic rings. The lowest BCUT2D eigenvalue weighted by Gasteiger charge is -2.29. The van der Waals surface area contributed by atoms with E-state index in [2.05, 4.69) is 254 Å². The number of fused-ring (bicyclic) bond motifs is 9. The molecule has 2 nitrogen and oxygen atoms in total. The van der Waals surface area contributed by atoms with Crippen LogP contribution in [0.15, 0.2) is 231 Å². The fourth-order valence-electron chi connectivity index (χ4n) is 10.7. The number of hydrogen-bond acceptors (Lipinski definition) is 2. The minimum absolute atomic E-state index is 0.241. The molecule has 66 heavy (non-hydrogen) atoms. The summed E-state index contributed by atoms with van der Waals surface area (Å²) in [6.45, 7) is 4.80. The Morgan fingerprint density at radius 2 is 0.879 bits per heavy atom. The maximum absolute atomic E-state index is 2.49. The Hall–Kier alpha value is -7.98. The van der Waals surface area contributed by atoms with Crippen molar-refractivity contribution in [3.63, 3.8) is 0 Å². The van der Waals surface area contributed by atoms with Gasteiger partial charge in [0.2, 0.25) is 0 Å². The van der Waals surface area contributed by atoms with E-state index in [-0.39, 0.29) is 5.41 Å². The largest absolute Gasteiger partial charge is 0.309 e. The monoisotopic (exact) mass is 860 g/mol. The first kappa shape index (κ1) is 38.5. The van der Waals surface area contributed by atoms with Crippen LogP contribution in [0.4, 0.5) is 17.1 Å². The summed E-state index contributed by atoms with van der Waals surface area (Å²) in [5.41, 5.74) is 19.4. The highest BCUT2D eigenvalue weighted by atomic mass is 32.1. The van der Waals surface area contributed by atoms with Crippen LogP contribution in [0.3, 0.4) is 0 Å². The molecule has 0 unspecified atom stereocenters. The van der Waals surface area contributed by atoms with E-state index in [1.165, 1.54) is 109 Å². The molecule has 312 valence electrons. The van der Waals surface area contributed by atoms with Gasteiger partial charge in [0.05, 0.1) is 21.4 Å². The van der Waals surface area contributed by atoms with Crippen LogP contribution in [0.1, 0.15) is 25.0 Å². The number of para-hydroxylation sites is 2. The van der Waals surface area contributed by atoms with Gasteiger partial charge in [-0.1, -0.05) is 166 Å². The summed E-state index contributed by atoms with van der Waals surface area (Å²) in [5, 5.41) is 5.14. The fourth-order valence-corrected chi connectivity index (χ4v) is 11.9. The molecular weight excluding hydrogens is 817 g/mol. The summed E-state index contributed by atoms with van der Waals surface area (Å²) in [7, 11) is 0. The molecule has 0 saturated carbocycles. The molecule has 0 fully saturated rings. The van der Waals surface area contributed by atoms with Gasteiger partial charge in [0.1, 0.15) is 0 Å². The molecule has 0 atom stereocenters. The van der Waals surface area contributed by atoms with Crippen LogP contribution >= 0.6 is 11.3 Å². The number of nitrogens with zero attached hydrogens (tertiary/aromatic N) is 2. The lowest BCUT2D eigenvalue weighted by atomic mass is 9.82. The summed E-state index contributed by atoms with van der Waals surface area (Å²) < 4.78 is 5.02. The van der Waals surface area contributed by atoms with Gasteiger partial charge in [-0.15, -0.1) is 11.3 Å². The molecule has 2 aromatic heterocycles. The minimum Gasteiger partial charge on any atom is -0.309 e. The number of thiophene rings is 1. The Kier molecular flexibility index (Phi) is 8.78. The average molecular weight is 861 g/mol. The Morgan fingerprint density at radius 1 is 0.379 bits per heavy atom. The fraction of sp³-hybridized carbons (Fsp3) is 0.0476. The normalized spacial score (nSPS) is 12.8. The predicted molar refractivity (Wildman–Crippen MR) is 282 cm³/mol. The first-order valence-electron chi connectivity index (χ1n) is 22.8. The van der Waals surface area contributed by atoms with Gasteiger partial charge in [0.25, 0.3) is 0 Å². The molecular formula is C63H44N2S. The second-order valence-electron chi connectivity index (χ2n) is 18.1. The van der Waals surface area contributed by atoms with E-state index >= 15 is 0 Å². The number of aromatic nitrogens is 1. The topological polar surface area (TPSA) is 8.17 Å². The van der Waals surface area contributed by atoms with Crippen LogP contribution in [-0.2, 0) is 5.41 Å². The molecule has 0 radical (unpaired) electrons. The molecule has 0 saturated heterocycles. The van der Waals surface area contributed by atoms with E-state index in [0.717, 1.165) is 11.4 Å². The number of rotatable bonds is 7. The maximum atomic E-state index is 2.49.